The van der Waals surface area contributed by atoms with Crippen molar-refractivity contribution >= 4 is 11.9 Å². The van der Waals surface area contributed by atoms with Crippen molar-refractivity contribution in [2.45, 2.75) is 44.6 Å². The zero-order chi connectivity index (χ0) is 15.2. The van der Waals surface area contributed by atoms with Gasteiger partial charge in [0, 0.05) is 24.9 Å². The highest BCUT2D eigenvalue weighted by atomic mass is 16.4. The van der Waals surface area contributed by atoms with E-state index < -0.39 is 5.97 Å². The Kier molecular flexibility index (Phi) is 5.08. The number of carboxylic acid groups (broad SMARTS) is 1. The van der Waals surface area contributed by atoms with E-state index in [-0.39, 0.29) is 23.4 Å². The molecule has 3 N–H and O–H groups in total. The van der Waals surface area contributed by atoms with Crippen LogP contribution in [-0.4, -0.2) is 33.2 Å². The summed E-state index contributed by atoms with van der Waals surface area (Å²) in [7, 11) is 0. The van der Waals surface area contributed by atoms with Crippen molar-refractivity contribution < 1.29 is 14.7 Å². The van der Waals surface area contributed by atoms with Gasteiger partial charge >= 0.3 is 5.97 Å². The maximum atomic E-state index is 11.8. The zero-order valence-electron chi connectivity index (χ0n) is 11.7. The van der Waals surface area contributed by atoms with Gasteiger partial charge in [-0.15, -0.1) is 0 Å². The lowest BCUT2D eigenvalue weighted by Crippen LogP contribution is -2.38. The van der Waals surface area contributed by atoms with Crippen molar-refractivity contribution in [3.05, 3.63) is 28.2 Å². The van der Waals surface area contributed by atoms with Gasteiger partial charge in [0.25, 0.3) is 5.56 Å². The molecule has 114 valence electrons. The van der Waals surface area contributed by atoms with Gasteiger partial charge in [0.1, 0.15) is 0 Å². The molecule has 7 heteroatoms. The topological polar surface area (TPSA) is 112 Å². The molecule has 0 aromatic carbocycles. The number of carbonyl (C=O) groups excluding carboxylic acids is 1. The largest absolute Gasteiger partial charge is 0.481 e. The van der Waals surface area contributed by atoms with Crippen LogP contribution in [-0.2, 0) is 16.0 Å². The van der Waals surface area contributed by atoms with E-state index in [9.17, 15) is 14.4 Å². The zero-order valence-corrected chi connectivity index (χ0v) is 11.7. The number of aliphatic carboxylic acids is 1. The fourth-order valence-electron chi connectivity index (χ4n) is 2.54. The van der Waals surface area contributed by atoms with Gasteiger partial charge in [0.2, 0.25) is 5.91 Å². The van der Waals surface area contributed by atoms with Crippen molar-refractivity contribution in [1.82, 2.24) is 15.5 Å². The lowest BCUT2D eigenvalue weighted by molar-refractivity contribution is -0.142. The minimum atomic E-state index is -0.746. The van der Waals surface area contributed by atoms with Crippen LogP contribution in [0.3, 0.4) is 0 Å². The van der Waals surface area contributed by atoms with Gasteiger partial charge < -0.3 is 10.4 Å². The van der Waals surface area contributed by atoms with Crippen LogP contribution < -0.4 is 10.9 Å². The van der Waals surface area contributed by atoms with Crippen LogP contribution in [0, 0.1) is 5.92 Å². The Morgan fingerprint density at radius 3 is 2.57 bits per heavy atom. The van der Waals surface area contributed by atoms with Crippen LogP contribution in [0.5, 0.6) is 0 Å². The second-order valence-electron chi connectivity index (χ2n) is 5.37. The Bertz CT molecular complexity index is 541. The standard InChI is InChI=1S/C14H19N3O4/c18-12(7-5-11-6-8-13(19)17-16-11)15-10-3-1-9(2-4-10)14(20)21/h6,8-10H,1-5,7H2,(H,15,18)(H,17,19)(H,20,21). The van der Waals surface area contributed by atoms with E-state index >= 15 is 0 Å². The molecule has 1 saturated carbocycles. The molecule has 0 aliphatic heterocycles. The Hall–Kier alpha value is -2.18. The fourth-order valence-corrected chi connectivity index (χ4v) is 2.54. The van der Waals surface area contributed by atoms with Crippen LogP contribution in [0.4, 0.5) is 0 Å². The van der Waals surface area contributed by atoms with Gasteiger partial charge in [-0.3, -0.25) is 14.4 Å². The number of nitrogens with zero attached hydrogens (tertiary/aromatic N) is 1. The van der Waals surface area contributed by atoms with Crippen LogP contribution in [0.2, 0.25) is 0 Å². The number of carboxylic acids is 1. The van der Waals surface area contributed by atoms with E-state index in [2.05, 4.69) is 15.5 Å². The first-order valence-corrected chi connectivity index (χ1v) is 7.11. The summed E-state index contributed by atoms with van der Waals surface area (Å²) in [4.78, 5) is 33.5. The van der Waals surface area contributed by atoms with Gasteiger partial charge in [0.05, 0.1) is 11.6 Å². The number of carbonyl (C=O) groups is 2. The minimum Gasteiger partial charge on any atom is -0.481 e. The first kappa shape index (κ1) is 15.2. The van der Waals surface area contributed by atoms with Crippen LogP contribution >= 0.6 is 0 Å². The van der Waals surface area contributed by atoms with E-state index in [0.717, 1.165) is 0 Å². The van der Waals surface area contributed by atoms with E-state index in [4.69, 9.17) is 5.11 Å². The highest BCUT2D eigenvalue weighted by Gasteiger charge is 2.26. The molecule has 1 amide bonds. The average molecular weight is 293 g/mol. The van der Waals surface area contributed by atoms with Gasteiger partial charge in [0.15, 0.2) is 0 Å². The number of aryl methyl sites for hydroxylation is 1. The highest BCUT2D eigenvalue weighted by molar-refractivity contribution is 5.76. The molecule has 0 spiro atoms. The second kappa shape index (κ2) is 7.01. The fraction of sp³-hybridized carbons (Fsp3) is 0.571. The Morgan fingerprint density at radius 2 is 2.00 bits per heavy atom. The molecule has 1 aliphatic carbocycles. The summed E-state index contributed by atoms with van der Waals surface area (Å²) in [6, 6.07) is 3.05. The number of hydrogen-bond acceptors (Lipinski definition) is 4. The number of hydrogen-bond donors (Lipinski definition) is 3. The molecule has 1 aromatic heterocycles. The molecule has 1 aliphatic rings. The predicted octanol–water partition coefficient (Wildman–Crippen LogP) is 0.462. The van der Waals surface area contributed by atoms with Crippen molar-refractivity contribution in [3.8, 4) is 0 Å². The van der Waals surface area contributed by atoms with E-state index in [1.165, 1.54) is 6.07 Å². The molecule has 1 aromatic rings. The number of aromatic nitrogens is 2. The third kappa shape index (κ3) is 4.70. The van der Waals surface area contributed by atoms with E-state index in [1.54, 1.807) is 6.07 Å². The number of nitrogens with one attached hydrogen (secondary N) is 2. The molecular formula is C14H19N3O4. The Morgan fingerprint density at radius 1 is 1.29 bits per heavy atom. The Balaban J connectivity index is 1.71. The number of aromatic amines is 1. The molecule has 1 fully saturated rings. The van der Waals surface area contributed by atoms with Crippen molar-refractivity contribution in [2.75, 3.05) is 0 Å². The lowest BCUT2D eigenvalue weighted by Gasteiger charge is -2.26. The second-order valence-corrected chi connectivity index (χ2v) is 5.37. The summed E-state index contributed by atoms with van der Waals surface area (Å²) >= 11 is 0. The molecule has 0 radical (unpaired) electrons. The molecule has 1 heterocycles. The molecule has 0 bridgehead atoms. The van der Waals surface area contributed by atoms with Gasteiger partial charge in [-0.25, -0.2) is 5.10 Å². The van der Waals surface area contributed by atoms with E-state index in [0.29, 0.717) is 44.2 Å². The first-order chi connectivity index (χ1) is 10.0. The first-order valence-electron chi connectivity index (χ1n) is 7.11. The quantitative estimate of drug-likeness (QED) is 0.730. The van der Waals surface area contributed by atoms with E-state index in [1.807, 2.05) is 0 Å². The lowest BCUT2D eigenvalue weighted by atomic mass is 9.86. The van der Waals surface area contributed by atoms with Gasteiger partial charge in [-0.1, -0.05) is 0 Å². The molecule has 0 saturated heterocycles. The summed E-state index contributed by atoms with van der Waals surface area (Å²) in [5, 5.41) is 18.0. The SMILES string of the molecule is O=C(CCc1ccc(=O)[nH]n1)NC1CCC(C(=O)O)CC1. The summed E-state index contributed by atoms with van der Waals surface area (Å²) in [5.74, 6) is -1.09. The third-order valence-corrected chi connectivity index (χ3v) is 3.79. The third-order valence-electron chi connectivity index (χ3n) is 3.79. The Labute approximate surface area is 121 Å². The number of H-pyrrole nitrogens is 1. The maximum Gasteiger partial charge on any atom is 0.306 e. The number of amides is 1. The van der Waals surface area contributed by atoms with Crippen molar-refractivity contribution in [1.29, 1.82) is 0 Å². The summed E-state index contributed by atoms with van der Waals surface area (Å²) in [5.41, 5.74) is 0.401. The van der Waals surface area contributed by atoms with Gasteiger partial charge in [-0.05, 0) is 31.7 Å². The normalized spacial score (nSPS) is 21.7. The highest BCUT2D eigenvalue weighted by Crippen LogP contribution is 2.24. The molecule has 2 rings (SSSR count). The monoisotopic (exact) mass is 293 g/mol. The smallest absolute Gasteiger partial charge is 0.306 e. The molecule has 7 nitrogen and oxygen atoms in total. The summed E-state index contributed by atoms with van der Waals surface area (Å²) in [6.07, 6.45) is 3.41. The number of rotatable bonds is 5. The van der Waals surface area contributed by atoms with Crippen molar-refractivity contribution in [3.63, 3.8) is 0 Å². The average Bonchev–Trinajstić information content (AvgIpc) is 2.47. The molecule has 21 heavy (non-hydrogen) atoms. The van der Waals surface area contributed by atoms with Crippen LogP contribution in [0.25, 0.3) is 0 Å². The van der Waals surface area contributed by atoms with Crippen molar-refractivity contribution in [2.24, 2.45) is 5.92 Å². The van der Waals surface area contributed by atoms with Crippen LogP contribution in [0.15, 0.2) is 16.9 Å². The molecule has 0 atom stereocenters. The molecule has 0 unspecified atom stereocenters. The van der Waals surface area contributed by atoms with Crippen LogP contribution in [0.1, 0.15) is 37.8 Å². The molecular weight excluding hydrogens is 274 g/mol. The maximum absolute atomic E-state index is 11.8. The van der Waals surface area contributed by atoms with Gasteiger partial charge in [-0.2, -0.15) is 5.10 Å². The summed E-state index contributed by atoms with van der Waals surface area (Å²) < 4.78 is 0. The minimum absolute atomic E-state index is 0.0663. The predicted molar refractivity (Wildman–Crippen MR) is 74.7 cm³/mol. The summed E-state index contributed by atoms with van der Waals surface area (Å²) in [6.45, 7) is 0.